The normalized spacial score (nSPS) is 20.6. The van der Waals surface area contributed by atoms with Crippen molar-refractivity contribution < 1.29 is 0 Å². The van der Waals surface area contributed by atoms with Gasteiger partial charge in [-0.3, -0.25) is 0 Å². The first kappa shape index (κ1) is 11.4. The van der Waals surface area contributed by atoms with Crippen molar-refractivity contribution in [1.82, 2.24) is 5.32 Å². The maximum Gasteiger partial charge on any atom is 0.0992 e. The number of nitriles is 1. The van der Waals surface area contributed by atoms with Crippen LogP contribution in [0.3, 0.4) is 0 Å². The van der Waals surface area contributed by atoms with Gasteiger partial charge in [0.05, 0.1) is 17.3 Å². The van der Waals surface area contributed by atoms with E-state index in [0.29, 0.717) is 11.6 Å². The van der Waals surface area contributed by atoms with Gasteiger partial charge in [-0.15, -0.1) is 0 Å². The molecule has 4 heteroatoms. The molecule has 3 nitrogen and oxygen atoms in total. The number of hydrogen-bond donors (Lipinski definition) is 1. The molecule has 1 aromatic carbocycles. The fourth-order valence-electron chi connectivity index (χ4n) is 1.98. The molecule has 1 fully saturated rings. The summed E-state index contributed by atoms with van der Waals surface area (Å²) in [6.45, 7) is 5.21. The lowest BCUT2D eigenvalue weighted by Crippen LogP contribution is -2.49. The highest BCUT2D eigenvalue weighted by molar-refractivity contribution is 9.10. The second-order valence-corrected chi connectivity index (χ2v) is 4.93. The van der Waals surface area contributed by atoms with Crippen LogP contribution in [0.5, 0.6) is 0 Å². The van der Waals surface area contributed by atoms with Gasteiger partial charge in [-0.2, -0.15) is 5.26 Å². The van der Waals surface area contributed by atoms with Gasteiger partial charge in [-0.05, 0) is 41.1 Å². The van der Waals surface area contributed by atoms with Crippen molar-refractivity contribution in [2.45, 2.75) is 13.0 Å². The van der Waals surface area contributed by atoms with Gasteiger partial charge in [0.25, 0.3) is 0 Å². The molecule has 1 atom stereocenters. The SMILES string of the molecule is C[C@@H]1CN(c2ccc(C#N)cc2Br)CCN1. The average Bonchev–Trinajstić information content (AvgIpc) is 2.28. The Hall–Kier alpha value is -1.05. The number of anilines is 1. The smallest absolute Gasteiger partial charge is 0.0992 e. The first-order valence-electron chi connectivity index (χ1n) is 5.38. The Labute approximate surface area is 104 Å². The van der Waals surface area contributed by atoms with Crippen LogP contribution < -0.4 is 10.2 Å². The fraction of sp³-hybridized carbons (Fsp3) is 0.417. The molecule has 0 spiro atoms. The molecule has 1 N–H and O–H groups in total. The Balaban J connectivity index is 2.23. The van der Waals surface area contributed by atoms with Crippen molar-refractivity contribution in [3.8, 4) is 6.07 Å². The second kappa shape index (κ2) is 4.86. The molecule has 0 bridgehead atoms. The fourth-order valence-corrected chi connectivity index (χ4v) is 2.61. The Kier molecular flexibility index (Phi) is 3.47. The molecule has 84 valence electrons. The second-order valence-electron chi connectivity index (χ2n) is 4.08. The maximum atomic E-state index is 8.81. The van der Waals surface area contributed by atoms with Gasteiger partial charge in [0.2, 0.25) is 0 Å². The molecule has 0 unspecified atom stereocenters. The van der Waals surface area contributed by atoms with Gasteiger partial charge in [0, 0.05) is 30.1 Å². The van der Waals surface area contributed by atoms with Crippen molar-refractivity contribution in [3.05, 3.63) is 28.2 Å². The Morgan fingerprint density at radius 3 is 3.00 bits per heavy atom. The van der Waals surface area contributed by atoms with Gasteiger partial charge >= 0.3 is 0 Å². The van der Waals surface area contributed by atoms with Crippen molar-refractivity contribution in [2.75, 3.05) is 24.5 Å². The number of halogens is 1. The van der Waals surface area contributed by atoms with Crippen LogP contribution in [0.2, 0.25) is 0 Å². The lowest BCUT2D eigenvalue weighted by molar-refractivity contribution is 0.484. The summed E-state index contributed by atoms with van der Waals surface area (Å²) in [5, 5.41) is 12.2. The van der Waals surface area contributed by atoms with Crippen LogP contribution in [0.25, 0.3) is 0 Å². The minimum absolute atomic E-state index is 0.510. The minimum atomic E-state index is 0.510. The van der Waals surface area contributed by atoms with E-state index in [1.807, 2.05) is 18.2 Å². The zero-order valence-electron chi connectivity index (χ0n) is 9.20. The summed E-state index contributed by atoms with van der Waals surface area (Å²) in [5.41, 5.74) is 1.87. The van der Waals surface area contributed by atoms with E-state index in [2.05, 4.69) is 39.1 Å². The zero-order valence-corrected chi connectivity index (χ0v) is 10.8. The number of hydrogen-bond acceptors (Lipinski definition) is 3. The third kappa shape index (κ3) is 2.37. The standard InChI is InChI=1S/C12H14BrN3/c1-9-8-16(5-4-15-9)12-3-2-10(7-14)6-11(12)13/h2-3,6,9,15H,4-5,8H2,1H3/t9-/m1/s1. The summed E-state index contributed by atoms with van der Waals surface area (Å²) >= 11 is 3.53. The van der Waals surface area contributed by atoms with Crippen molar-refractivity contribution >= 4 is 21.6 Å². The predicted octanol–water partition coefficient (Wildman–Crippen LogP) is 2.12. The van der Waals surface area contributed by atoms with Gasteiger partial charge in [0.15, 0.2) is 0 Å². The number of rotatable bonds is 1. The molecule has 1 heterocycles. The molecular weight excluding hydrogens is 266 g/mol. The van der Waals surface area contributed by atoms with Crippen molar-refractivity contribution in [3.63, 3.8) is 0 Å². The van der Waals surface area contributed by atoms with E-state index in [1.54, 1.807) is 0 Å². The molecular formula is C12H14BrN3. The minimum Gasteiger partial charge on any atom is -0.368 e. The molecule has 1 saturated heterocycles. The van der Waals surface area contributed by atoms with E-state index in [1.165, 1.54) is 5.69 Å². The third-order valence-corrected chi connectivity index (χ3v) is 3.42. The Bertz CT molecular complexity index is 425. The monoisotopic (exact) mass is 279 g/mol. The quantitative estimate of drug-likeness (QED) is 0.856. The highest BCUT2D eigenvalue weighted by atomic mass is 79.9. The average molecular weight is 280 g/mol. The van der Waals surface area contributed by atoms with E-state index >= 15 is 0 Å². The van der Waals surface area contributed by atoms with E-state index in [4.69, 9.17) is 5.26 Å². The molecule has 1 aliphatic rings. The van der Waals surface area contributed by atoms with E-state index in [0.717, 1.165) is 24.1 Å². The predicted molar refractivity (Wildman–Crippen MR) is 68.5 cm³/mol. The van der Waals surface area contributed by atoms with Crippen molar-refractivity contribution in [2.24, 2.45) is 0 Å². The van der Waals surface area contributed by atoms with Gasteiger partial charge < -0.3 is 10.2 Å². The molecule has 2 rings (SSSR count). The van der Waals surface area contributed by atoms with Crippen LogP contribution in [0.4, 0.5) is 5.69 Å². The molecule has 0 radical (unpaired) electrons. The molecule has 1 aliphatic heterocycles. The van der Waals surface area contributed by atoms with Crippen LogP contribution in [-0.2, 0) is 0 Å². The summed E-state index contributed by atoms with van der Waals surface area (Å²) in [7, 11) is 0. The first-order valence-corrected chi connectivity index (χ1v) is 6.18. The van der Waals surface area contributed by atoms with Crippen LogP contribution in [0.1, 0.15) is 12.5 Å². The maximum absolute atomic E-state index is 8.81. The Morgan fingerprint density at radius 1 is 1.56 bits per heavy atom. The van der Waals surface area contributed by atoms with E-state index in [9.17, 15) is 0 Å². The topological polar surface area (TPSA) is 39.1 Å². The summed E-state index contributed by atoms with van der Waals surface area (Å²) in [4.78, 5) is 2.34. The van der Waals surface area contributed by atoms with E-state index < -0.39 is 0 Å². The van der Waals surface area contributed by atoms with Crippen LogP contribution in [0, 0.1) is 11.3 Å². The number of nitrogens with one attached hydrogen (secondary N) is 1. The first-order chi connectivity index (χ1) is 7.70. The highest BCUT2D eigenvalue weighted by Crippen LogP contribution is 2.27. The summed E-state index contributed by atoms with van der Waals surface area (Å²) in [6.07, 6.45) is 0. The summed E-state index contributed by atoms with van der Waals surface area (Å²) in [6, 6.07) is 8.42. The van der Waals surface area contributed by atoms with Crippen LogP contribution in [-0.4, -0.2) is 25.7 Å². The van der Waals surface area contributed by atoms with Gasteiger partial charge in [-0.25, -0.2) is 0 Å². The van der Waals surface area contributed by atoms with Crippen LogP contribution in [0.15, 0.2) is 22.7 Å². The molecule has 0 aromatic heterocycles. The number of benzene rings is 1. The molecule has 0 saturated carbocycles. The molecule has 16 heavy (non-hydrogen) atoms. The summed E-state index contributed by atoms with van der Waals surface area (Å²) in [5.74, 6) is 0. The van der Waals surface area contributed by atoms with Gasteiger partial charge in [0.1, 0.15) is 0 Å². The lowest BCUT2D eigenvalue weighted by Gasteiger charge is -2.34. The van der Waals surface area contributed by atoms with Crippen LogP contribution >= 0.6 is 15.9 Å². The lowest BCUT2D eigenvalue weighted by atomic mass is 10.1. The molecule has 1 aromatic rings. The van der Waals surface area contributed by atoms with E-state index in [-0.39, 0.29) is 0 Å². The highest BCUT2D eigenvalue weighted by Gasteiger charge is 2.17. The number of piperazine rings is 1. The summed E-state index contributed by atoms with van der Waals surface area (Å²) < 4.78 is 1.00. The van der Waals surface area contributed by atoms with Crippen molar-refractivity contribution in [1.29, 1.82) is 5.26 Å². The number of nitrogens with zero attached hydrogens (tertiary/aromatic N) is 2. The molecule has 0 amide bonds. The Morgan fingerprint density at radius 2 is 2.38 bits per heavy atom. The largest absolute Gasteiger partial charge is 0.368 e. The molecule has 0 aliphatic carbocycles. The third-order valence-electron chi connectivity index (χ3n) is 2.79. The van der Waals surface area contributed by atoms with Gasteiger partial charge in [-0.1, -0.05) is 0 Å². The zero-order chi connectivity index (χ0) is 11.5.